The van der Waals surface area contributed by atoms with E-state index in [1.54, 1.807) is 18.5 Å². The van der Waals surface area contributed by atoms with Crippen molar-refractivity contribution in [3.8, 4) is 11.4 Å². The molecule has 168 valence electrons. The number of hydrogen-bond acceptors (Lipinski definition) is 6. The van der Waals surface area contributed by atoms with E-state index in [1.807, 2.05) is 19.1 Å². The molecule has 1 aliphatic rings. The van der Waals surface area contributed by atoms with E-state index in [-0.39, 0.29) is 17.5 Å². The van der Waals surface area contributed by atoms with Crippen molar-refractivity contribution in [2.24, 2.45) is 0 Å². The van der Waals surface area contributed by atoms with Crippen LogP contribution in [-0.2, 0) is 0 Å². The van der Waals surface area contributed by atoms with Gasteiger partial charge in [-0.25, -0.2) is 19.3 Å². The lowest BCUT2D eigenvalue weighted by Gasteiger charge is -2.40. The largest absolute Gasteiger partial charge is 0.437 e. The average Bonchev–Trinajstić information content (AvgIpc) is 3.27. The van der Waals surface area contributed by atoms with Crippen molar-refractivity contribution in [1.29, 1.82) is 0 Å². The lowest BCUT2D eigenvalue weighted by Crippen LogP contribution is -2.41. The van der Waals surface area contributed by atoms with Crippen molar-refractivity contribution in [3.63, 3.8) is 0 Å². The highest BCUT2D eigenvalue weighted by Gasteiger charge is 2.32. The zero-order chi connectivity index (χ0) is 23.1. The Labute approximate surface area is 189 Å². The monoisotopic (exact) mass is 448 g/mol. The molecule has 0 unspecified atom stereocenters. The molecule has 4 aromatic rings. The Hall–Kier alpha value is -3.68. The summed E-state index contributed by atoms with van der Waals surface area (Å²) < 4.78 is 33.5. The summed E-state index contributed by atoms with van der Waals surface area (Å²) in [5.74, 6) is -1.25. The zero-order valence-corrected chi connectivity index (χ0v) is 18.3. The number of aldehydes is 1. The van der Waals surface area contributed by atoms with Gasteiger partial charge in [-0.15, -0.1) is 0 Å². The van der Waals surface area contributed by atoms with E-state index in [1.165, 1.54) is 6.07 Å². The number of aryl methyl sites for hydroxylation is 1. The number of carbonyl (C=O) groups excluding carboxylic acids is 1. The average molecular weight is 448 g/mol. The maximum atomic E-state index is 14.2. The van der Waals surface area contributed by atoms with E-state index in [2.05, 4.69) is 26.8 Å². The van der Waals surface area contributed by atoms with Crippen LogP contribution in [0.25, 0.3) is 22.5 Å². The van der Waals surface area contributed by atoms with Crippen molar-refractivity contribution in [2.45, 2.75) is 38.6 Å². The number of carbonyl (C=O) groups is 1. The Morgan fingerprint density at radius 3 is 2.70 bits per heavy atom. The summed E-state index contributed by atoms with van der Waals surface area (Å²) in [6, 6.07) is 8.23. The molecule has 0 saturated carbocycles. The second kappa shape index (κ2) is 8.35. The van der Waals surface area contributed by atoms with Gasteiger partial charge in [0.1, 0.15) is 5.52 Å². The molecule has 5 rings (SSSR count). The Bertz CT molecular complexity index is 1340. The number of hydrogen-bond donors (Lipinski definition) is 0. The summed E-state index contributed by atoms with van der Waals surface area (Å²) >= 11 is 0. The fourth-order valence-electron chi connectivity index (χ4n) is 4.56. The van der Waals surface area contributed by atoms with Crippen molar-refractivity contribution < 1.29 is 18.0 Å². The fraction of sp³-hybridized carbons (Fsp3) is 0.280. The van der Waals surface area contributed by atoms with E-state index in [9.17, 15) is 13.6 Å². The number of oxazole rings is 1. The van der Waals surface area contributed by atoms with Gasteiger partial charge in [0.2, 0.25) is 11.7 Å². The molecule has 1 aliphatic heterocycles. The minimum absolute atomic E-state index is 0.124. The molecule has 0 aliphatic carbocycles. The number of anilines is 1. The molecule has 6 nitrogen and oxygen atoms in total. The number of halogens is 2. The van der Waals surface area contributed by atoms with Gasteiger partial charge in [-0.2, -0.15) is 4.39 Å². The first-order valence-electron chi connectivity index (χ1n) is 10.8. The van der Waals surface area contributed by atoms with Crippen LogP contribution >= 0.6 is 0 Å². The Balaban J connectivity index is 1.58. The number of fused-ring (bicyclic) bond motifs is 1. The van der Waals surface area contributed by atoms with Crippen molar-refractivity contribution in [2.75, 3.05) is 11.4 Å². The molecule has 0 amide bonds. The summed E-state index contributed by atoms with van der Waals surface area (Å²) in [5.41, 5.74) is 3.13. The first-order chi connectivity index (χ1) is 16.0. The number of piperidine rings is 1. The van der Waals surface area contributed by atoms with E-state index in [4.69, 9.17) is 4.42 Å². The highest BCUT2D eigenvalue weighted by Crippen LogP contribution is 2.40. The van der Waals surface area contributed by atoms with Gasteiger partial charge in [0.15, 0.2) is 23.5 Å². The van der Waals surface area contributed by atoms with Crippen molar-refractivity contribution >= 4 is 23.1 Å². The molecule has 0 N–H and O–H groups in total. The van der Waals surface area contributed by atoms with Gasteiger partial charge < -0.3 is 9.32 Å². The number of nitrogens with zero attached hydrogens (tertiary/aromatic N) is 4. The molecule has 3 heterocycles. The first-order valence-corrected chi connectivity index (χ1v) is 10.8. The number of benzene rings is 2. The van der Waals surface area contributed by atoms with Gasteiger partial charge in [0.25, 0.3) is 0 Å². The van der Waals surface area contributed by atoms with Crippen LogP contribution in [0.15, 0.2) is 47.1 Å². The first kappa shape index (κ1) is 21.2. The molecular formula is C25H22F2N4O2. The molecule has 1 fully saturated rings. The molecule has 0 radical (unpaired) electrons. The van der Waals surface area contributed by atoms with E-state index in [0.717, 1.165) is 36.4 Å². The summed E-state index contributed by atoms with van der Waals surface area (Å²) in [6.07, 6.45) is 5.74. The highest BCUT2D eigenvalue weighted by molar-refractivity contribution is 5.93. The summed E-state index contributed by atoms with van der Waals surface area (Å²) in [5, 5.41) is 0. The van der Waals surface area contributed by atoms with Crippen LogP contribution in [0.3, 0.4) is 0 Å². The molecule has 0 spiro atoms. The predicted octanol–water partition coefficient (Wildman–Crippen LogP) is 5.46. The molecular weight excluding hydrogens is 426 g/mol. The second-order valence-electron chi connectivity index (χ2n) is 8.48. The topological polar surface area (TPSA) is 72.1 Å². The zero-order valence-electron chi connectivity index (χ0n) is 18.3. The summed E-state index contributed by atoms with van der Waals surface area (Å²) in [4.78, 5) is 27.4. The van der Waals surface area contributed by atoms with Crippen LogP contribution in [0.1, 0.15) is 47.5 Å². The lowest BCUT2D eigenvalue weighted by molar-refractivity contribution is 0.112. The van der Waals surface area contributed by atoms with Crippen LogP contribution in [0, 0.1) is 18.6 Å². The second-order valence-corrected chi connectivity index (χ2v) is 8.48. The van der Waals surface area contributed by atoms with Gasteiger partial charge in [-0.1, -0.05) is 0 Å². The molecule has 1 saturated heterocycles. The lowest BCUT2D eigenvalue weighted by atomic mass is 9.91. The van der Waals surface area contributed by atoms with Crippen molar-refractivity contribution in [3.05, 3.63) is 71.4 Å². The third kappa shape index (κ3) is 3.75. The third-order valence-corrected chi connectivity index (χ3v) is 6.22. The fourth-order valence-corrected chi connectivity index (χ4v) is 4.56. The smallest absolute Gasteiger partial charge is 0.203 e. The Kier molecular flexibility index (Phi) is 5.36. The van der Waals surface area contributed by atoms with Crippen LogP contribution in [0.4, 0.5) is 14.5 Å². The number of rotatable bonds is 4. The predicted molar refractivity (Wildman–Crippen MR) is 120 cm³/mol. The molecule has 0 bridgehead atoms. The van der Waals surface area contributed by atoms with Gasteiger partial charge >= 0.3 is 0 Å². The van der Waals surface area contributed by atoms with Gasteiger partial charge in [-0.3, -0.25) is 4.79 Å². The van der Waals surface area contributed by atoms with Gasteiger partial charge in [-0.05, 0) is 62.6 Å². The Morgan fingerprint density at radius 1 is 1.15 bits per heavy atom. The van der Waals surface area contributed by atoms with Crippen LogP contribution in [0.2, 0.25) is 0 Å². The molecule has 33 heavy (non-hydrogen) atoms. The van der Waals surface area contributed by atoms with E-state index < -0.39 is 11.6 Å². The maximum Gasteiger partial charge on any atom is 0.203 e. The summed E-state index contributed by atoms with van der Waals surface area (Å²) in [6.45, 7) is 4.60. The Morgan fingerprint density at radius 2 is 1.94 bits per heavy atom. The molecule has 2 aromatic carbocycles. The standard InChI is InChI=1S/C25H22F2N4O2/c1-14-10-17(13-32)21(24-28-8-3-9-29-24)20(11-14)31-12-16(5-4-15(31)2)25-30-19-7-6-18(26)22(27)23(19)33-25/h3,6-11,13,15-16H,4-5,12H2,1-2H3/t15-,16-/m1/s1. The minimum atomic E-state index is -1.02. The van der Waals surface area contributed by atoms with Gasteiger partial charge in [0, 0.05) is 36.2 Å². The van der Waals surface area contributed by atoms with Crippen molar-refractivity contribution in [1.82, 2.24) is 15.0 Å². The minimum Gasteiger partial charge on any atom is -0.437 e. The van der Waals surface area contributed by atoms with E-state index in [0.29, 0.717) is 34.9 Å². The highest BCUT2D eigenvalue weighted by atomic mass is 19.2. The number of aromatic nitrogens is 3. The SMILES string of the molecule is Cc1cc(C=O)c(-c2ncccn2)c(N2C[C@H](c3nc4ccc(F)c(F)c4o3)CC[C@H]2C)c1. The molecule has 2 atom stereocenters. The quantitative estimate of drug-likeness (QED) is 0.386. The van der Waals surface area contributed by atoms with Crippen LogP contribution in [-0.4, -0.2) is 33.8 Å². The van der Waals surface area contributed by atoms with Gasteiger partial charge in [0.05, 0.1) is 11.5 Å². The molecule has 2 aromatic heterocycles. The van der Waals surface area contributed by atoms with Crippen LogP contribution < -0.4 is 4.90 Å². The maximum absolute atomic E-state index is 14.2. The normalized spacial score (nSPS) is 18.6. The van der Waals surface area contributed by atoms with Crippen LogP contribution in [0.5, 0.6) is 0 Å². The third-order valence-electron chi connectivity index (χ3n) is 6.22. The summed E-state index contributed by atoms with van der Waals surface area (Å²) in [7, 11) is 0. The van der Waals surface area contributed by atoms with E-state index >= 15 is 0 Å². The molecule has 8 heteroatoms.